The van der Waals surface area contributed by atoms with Gasteiger partial charge >= 0.3 is 0 Å². The minimum atomic E-state index is -0.247. The highest BCUT2D eigenvalue weighted by Gasteiger charge is 2.19. The summed E-state index contributed by atoms with van der Waals surface area (Å²) in [4.78, 5) is 4.33. The van der Waals surface area contributed by atoms with Gasteiger partial charge in [0, 0.05) is 5.56 Å². The van der Waals surface area contributed by atoms with Gasteiger partial charge in [0.05, 0.1) is 17.6 Å². The third-order valence-corrected chi connectivity index (χ3v) is 3.47. The Kier molecular flexibility index (Phi) is 4.21. The van der Waals surface area contributed by atoms with Crippen molar-refractivity contribution in [3.8, 4) is 17.1 Å². The molecule has 0 saturated heterocycles. The van der Waals surface area contributed by atoms with Gasteiger partial charge in [0.2, 0.25) is 11.7 Å². The number of nitrogens with two attached hydrogens (primary N) is 1. The molecule has 19 heavy (non-hydrogen) atoms. The topological polar surface area (TPSA) is 74.2 Å². The van der Waals surface area contributed by atoms with Crippen LogP contribution in [0.1, 0.15) is 25.8 Å². The van der Waals surface area contributed by atoms with Crippen LogP contribution in [-0.2, 0) is 0 Å². The van der Waals surface area contributed by atoms with Gasteiger partial charge in [0.1, 0.15) is 5.75 Å². The third kappa shape index (κ3) is 2.96. The molecule has 0 aliphatic heterocycles. The van der Waals surface area contributed by atoms with E-state index in [0.717, 1.165) is 15.8 Å². The standard InChI is InChI=1S/C13H16BrN3O2/c1-7(2)11(15)13-16-12(17-19-13)8-4-5-10(18-3)9(14)6-8/h4-7,11H,15H2,1-3H3/t11-/m1/s1. The molecule has 102 valence electrons. The second-order valence-corrected chi connectivity index (χ2v) is 5.43. The van der Waals surface area contributed by atoms with E-state index in [1.165, 1.54) is 0 Å². The normalized spacial score (nSPS) is 12.7. The number of hydrogen-bond donors (Lipinski definition) is 1. The average molecular weight is 326 g/mol. The van der Waals surface area contributed by atoms with E-state index >= 15 is 0 Å². The lowest BCUT2D eigenvalue weighted by atomic mass is 10.1. The first-order valence-corrected chi connectivity index (χ1v) is 6.75. The van der Waals surface area contributed by atoms with Gasteiger partial charge in [-0.15, -0.1) is 0 Å². The van der Waals surface area contributed by atoms with Crippen molar-refractivity contribution in [1.82, 2.24) is 10.1 Å². The van der Waals surface area contributed by atoms with Gasteiger partial charge in [-0.2, -0.15) is 4.98 Å². The van der Waals surface area contributed by atoms with Crippen molar-refractivity contribution >= 4 is 15.9 Å². The zero-order chi connectivity index (χ0) is 14.0. The van der Waals surface area contributed by atoms with E-state index in [1.54, 1.807) is 7.11 Å². The lowest BCUT2D eigenvalue weighted by molar-refractivity contribution is 0.325. The summed E-state index contributed by atoms with van der Waals surface area (Å²) < 4.78 is 11.2. The van der Waals surface area contributed by atoms with Crippen LogP contribution in [0.25, 0.3) is 11.4 Å². The predicted octanol–water partition coefficient (Wildman–Crippen LogP) is 3.16. The van der Waals surface area contributed by atoms with Crippen LogP contribution in [0.4, 0.5) is 0 Å². The van der Waals surface area contributed by atoms with E-state index in [1.807, 2.05) is 32.0 Å². The van der Waals surface area contributed by atoms with Crippen molar-refractivity contribution in [2.45, 2.75) is 19.9 Å². The summed E-state index contributed by atoms with van der Waals surface area (Å²) >= 11 is 3.43. The smallest absolute Gasteiger partial charge is 0.244 e. The van der Waals surface area contributed by atoms with E-state index in [9.17, 15) is 0 Å². The molecule has 0 unspecified atom stereocenters. The van der Waals surface area contributed by atoms with Gasteiger partial charge < -0.3 is 15.0 Å². The van der Waals surface area contributed by atoms with E-state index in [4.69, 9.17) is 15.0 Å². The molecule has 0 bridgehead atoms. The van der Waals surface area contributed by atoms with Gasteiger partial charge in [-0.1, -0.05) is 19.0 Å². The van der Waals surface area contributed by atoms with Crippen molar-refractivity contribution in [3.63, 3.8) is 0 Å². The molecule has 0 aliphatic rings. The number of hydrogen-bond acceptors (Lipinski definition) is 5. The summed E-state index contributed by atoms with van der Waals surface area (Å²) in [5.74, 6) is 1.98. The van der Waals surface area contributed by atoms with Crippen LogP contribution in [0.15, 0.2) is 27.2 Å². The third-order valence-electron chi connectivity index (χ3n) is 2.86. The zero-order valence-electron chi connectivity index (χ0n) is 11.1. The Morgan fingerprint density at radius 3 is 2.68 bits per heavy atom. The van der Waals surface area contributed by atoms with E-state index in [0.29, 0.717) is 11.7 Å². The molecule has 2 N–H and O–H groups in total. The highest BCUT2D eigenvalue weighted by molar-refractivity contribution is 9.10. The van der Waals surface area contributed by atoms with Crippen molar-refractivity contribution in [2.75, 3.05) is 7.11 Å². The van der Waals surface area contributed by atoms with Crippen molar-refractivity contribution < 1.29 is 9.26 Å². The molecule has 0 aliphatic carbocycles. The van der Waals surface area contributed by atoms with Gasteiger partial charge in [-0.3, -0.25) is 0 Å². The first-order chi connectivity index (χ1) is 9.02. The number of nitrogens with zero attached hydrogens (tertiary/aromatic N) is 2. The second kappa shape index (κ2) is 5.71. The molecule has 1 atom stereocenters. The van der Waals surface area contributed by atoms with E-state index < -0.39 is 0 Å². The maximum atomic E-state index is 5.98. The Morgan fingerprint density at radius 1 is 1.37 bits per heavy atom. The quantitative estimate of drug-likeness (QED) is 0.934. The molecule has 0 amide bonds. The molecule has 1 aromatic carbocycles. The van der Waals surface area contributed by atoms with Crippen LogP contribution >= 0.6 is 15.9 Å². The molecule has 0 radical (unpaired) electrons. The van der Waals surface area contributed by atoms with Crippen LogP contribution < -0.4 is 10.5 Å². The Hall–Kier alpha value is -1.40. The summed E-state index contributed by atoms with van der Waals surface area (Å²) in [7, 11) is 1.62. The van der Waals surface area contributed by atoms with Crippen LogP contribution in [0.2, 0.25) is 0 Å². The maximum absolute atomic E-state index is 5.98. The summed E-state index contributed by atoms with van der Waals surface area (Å²) in [5, 5.41) is 3.96. The number of methoxy groups -OCH3 is 1. The Balaban J connectivity index is 2.30. The molecule has 0 saturated carbocycles. The zero-order valence-corrected chi connectivity index (χ0v) is 12.6. The van der Waals surface area contributed by atoms with Crippen molar-refractivity contribution in [2.24, 2.45) is 11.7 Å². The average Bonchev–Trinajstić information content (AvgIpc) is 2.87. The first kappa shape index (κ1) is 14.0. The molecular formula is C13H16BrN3O2. The number of halogens is 1. The van der Waals surface area contributed by atoms with Crippen LogP contribution in [0.5, 0.6) is 5.75 Å². The second-order valence-electron chi connectivity index (χ2n) is 4.58. The summed E-state index contributed by atoms with van der Waals surface area (Å²) in [6, 6.07) is 5.36. The number of rotatable bonds is 4. The van der Waals surface area contributed by atoms with Gasteiger partial charge in [0.15, 0.2) is 0 Å². The van der Waals surface area contributed by atoms with Crippen LogP contribution in [-0.4, -0.2) is 17.3 Å². The molecule has 2 aromatic rings. The lowest BCUT2D eigenvalue weighted by Gasteiger charge is -2.09. The predicted molar refractivity (Wildman–Crippen MR) is 75.8 cm³/mol. The summed E-state index contributed by atoms with van der Waals surface area (Å²) in [6.07, 6.45) is 0. The number of benzene rings is 1. The molecule has 5 nitrogen and oxygen atoms in total. The van der Waals surface area contributed by atoms with E-state index in [2.05, 4.69) is 26.1 Å². The SMILES string of the molecule is COc1ccc(-c2noc([C@H](N)C(C)C)n2)cc1Br. The Bertz CT molecular complexity index is 569. The lowest BCUT2D eigenvalue weighted by Crippen LogP contribution is -2.16. The Labute approximate surface area is 120 Å². The Morgan fingerprint density at radius 2 is 2.11 bits per heavy atom. The van der Waals surface area contributed by atoms with Crippen molar-refractivity contribution in [1.29, 1.82) is 0 Å². The first-order valence-electron chi connectivity index (χ1n) is 5.96. The van der Waals surface area contributed by atoms with Gasteiger partial charge in [0.25, 0.3) is 0 Å². The fourth-order valence-electron chi connectivity index (χ4n) is 1.58. The van der Waals surface area contributed by atoms with Crippen LogP contribution in [0, 0.1) is 5.92 Å². The molecule has 1 heterocycles. The number of aromatic nitrogens is 2. The largest absolute Gasteiger partial charge is 0.496 e. The summed E-state index contributed by atoms with van der Waals surface area (Å²) in [6.45, 7) is 4.02. The molecule has 1 aromatic heterocycles. The molecule has 2 rings (SSSR count). The highest BCUT2D eigenvalue weighted by atomic mass is 79.9. The van der Waals surface area contributed by atoms with E-state index in [-0.39, 0.29) is 12.0 Å². The fraction of sp³-hybridized carbons (Fsp3) is 0.385. The minimum Gasteiger partial charge on any atom is -0.496 e. The monoisotopic (exact) mass is 325 g/mol. The molecule has 6 heteroatoms. The maximum Gasteiger partial charge on any atom is 0.244 e. The fourth-order valence-corrected chi connectivity index (χ4v) is 2.12. The highest BCUT2D eigenvalue weighted by Crippen LogP contribution is 2.30. The molecule has 0 spiro atoms. The van der Waals surface area contributed by atoms with Crippen molar-refractivity contribution in [3.05, 3.63) is 28.6 Å². The van der Waals surface area contributed by atoms with Crippen LogP contribution in [0.3, 0.4) is 0 Å². The van der Waals surface area contributed by atoms with Gasteiger partial charge in [-0.05, 0) is 40.0 Å². The minimum absolute atomic E-state index is 0.246. The summed E-state index contributed by atoms with van der Waals surface area (Å²) in [5.41, 5.74) is 6.83. The molecular weight excluding hydrogens is 310 g/mol. The number of ether oxygens (including phenoxy) is 1. The molecule has 0 fully saturated rings. The van der Waals surface area contributed by atoms with Gasteiger partial charge in [-0.25, -0.2) is 0 Å².